The Morgan fingerprint density at radius 1 is 1.16 bits per heavy atom. The number of nitriles is 1. The molecular formula is C28H27N5O4. The van der Waals surface area contributed by atoms with Gasteiger partial charge in [-0.2, -0.15) is 5.26 Å². The predicted octanol–water partition coefficient (Wildman–Crippen LogP) is 4.22. The van der Waals surface area contributed by atoms with Gasteiger partial charge in [0.05, 0.1) is 18.2 Å². The zero-order chi connectivity index (χ0) is 26.1. The van der Waals surface area contributed by atoms with Crippen LogP contribution in [-0.4, -0.2) is 73.1 Å². The number of hydrogen-bond acceptors (Lipinski definition) is 8. The molecule has 0 radical (unpaired) electrons. The van der Waals surface area contributed by atoms with E-state index in [9.17, 15) is 10.1 Å². The minimum Gasteiger partial charge on any atom is -0.496 e. The van der Waals surface area contributed by atoms with Gasteiger partial charge in [-0.3, -0.25) is 14.8 Å². The first-order valence-corrected chi connectivity index (χ1v) is 11.9. The average Bonchev–Trinajstić information content (AvgIpc) is 3.53. The highest BCUT2D eigenvalue weighted by molar-refractivity contribution is 5.95. The quantitative estimate of drug-likeness (QED) is 0.390. The zero-order valence-corrected chi connectivity index (χ0v) is 21.2. The number of benzene rings is 1. The number of carbonyl (C=O) groups excluding carboxylic acids is 1. The van der Waals surface area contributed by atoms with Crippen LogP contribution in [0.25, 0.3) is 33.6 Å². The van der Waals surface area contributed by atoms with Gasteiger partial charge in [-0.05, 0) is 37.2 Å². The molecule has 0 aliphatic carbocycles. The van der Waals surface area contributed by atoms with Gasteiger partial charge in [0.1, 0.15) is 40.6 Å². The topological polar surface area (TPSA) is 105 Å². The second-order valence-corrected chi connectivity index (χ2v) is 9.27. The highest BCUT2D eigenvalue weighted by Gasteiger charge is 2.23. The van der Waals surface area contributed by atoms with E-state index in [4.69, 9.17) is 13.9 Å². The van der Waals surface area contributed by atoms with Crippen LogP contribution in [0.5, 0.6) is 11.5 Å². The van der Waals surface area contributed by atoms with Crippen molar-refractivity contribution in [2.24, 2.45) is 0 Å². The van der Waals surface area contributed by atoms with E-state index in [1.165, 1.54) is 12.0 Å². The van der Waals surface area contributed by atoms with Crippen LogP contribution < -0.4 is 9.47 Å². The van der Waals surface area contributed by atoms with Gasteiger partial charge in [-0.15, -0.1) is 0 Å². The predicted molar refractivity (Wildman–Crippen MR) is 138 cm³/mol. The number of likely N-dealkylation sites (tertiary alicyclic amines) is 1. The number of fused-ring (bicyclic) bond motifs is 1. The van der Waals surface area contributed by atoms with E-state index in [1.54, 1.807) is 32.6 Å². The lowest BCUT2D eigenvalue weighted by atomic mass is 10.0. The smallest absolute Gasteiger partial charge is 0.272 e. The van der Waals surface area contributed by atoms with Gasteiger partial charge in [0.15, 0.2) is 5.58 Å². The fourth-order valence-corrected chi connectivity index (χ4v) is 4.49. The summed E-state index contributed by atoms with van der Waals surface area (Å²) in [5, 5.41) is 9.81. The Hall–Kier alpha value is -4.42. The molecule has 1 fully saturated rings. The first kappa shape index (κ1) is 24.3. The molecule has 9 nitrogen and oxygen atoms in total. The Balaban J connectivity index is 1.51. The Kier molecular flexibility index (Phi) is 6.51. The second-order valence-electron chi connectivity index (χ2n) is 9.27. The summed E-state index contributed by atoms with van der Waals surface area (Å²) >= 11 is 0. The first-order chi connectivity index (χ1) is 17.9. The van der Waals surface area contributed by atoms with E-state index in [1.807, 2.05) is 30.3 Å². The highest BCUT2D eigenvalue weighted by Crippen LogP contribution is 2.38. The zero-order valence-electron chi connectivity index (χ0n) is 21.2. The van der Waals surface area contributed by atoms with Crippen molar-refractivity contribution in [3.05, 3.63) is 60.0 Å². The highest BCUT2D eigenvalue weighted by atomic mass is 16.5. The molecule has 1 saturated heterocycles. The summed E-state index contributed by atoms with van der Waals surface area (Å²) in [4.78, 5) is 24.8. The first-order valence-electron chi connectivity index (χ1n) is 11.9. The third kappa shape index (κ3) is 4.71. The maximum atomic E-state index is 12.3. The molecule has 1 amide bonds. The summed E-state index contributed by atoms with van der Waals surface area (Å²) in [6.45, 7) is 1.82. The lowest BCUT2D eigenvalue weighted by Crippen LogP contribution is -2.22. The van der Waals surface area contributed by atoms with E-state index < -0.39 is 0 Å². The van der Waals surface area contributed by atoms with Crippen molar-refractivity contribution in [3.63, 3.8) is 0 Å². The lowest BCUT2D eigenvalue weighted by molar-refractivity contribution is 0.0821. The molecule has 0 saturated carbocycles. The largest absolute Gasteiger partial charge is 0.496 e. The molecule has 0 spiro atoms. The van der Waals surface area contributed by atoms with Crippen molar-refractivity contribution >= 4 is 17.0 Å². The van der Waals surface area contributed by atoms with Crippen LogP contribution in [0.15, 0.2) is 53.2 Å². The van der Waals surface area contributed by atoms with E-state index in [0.29, 0.717) is 39.5 Å². The normalized spacial score (nSPS) is 15.5. The van der Waals surface area contributed by atoms with Crippen LogP contribution >= 0.6 is 0 Å². The Morgan fingerprint density at radius 3 is 2.70 bits per heavy atom. The van der Waals surface area contributed by atoms with Gasteiger partial charge in [0.2, 0.25) is 0 Å². The summed E-state index contributed by atoms with van der Waals surface area (Å²) in [5.41, 5.74) is 4.18. The Morgan fingerprint density at radius 2 is 2.00 bits per heavy atom. The monoisotopic (exact) mass is 497 g/mol. The molecule has 1 atom stereocenters. The number of pyridine rings is 2. The molecule has 1 aliphatic rings. The van der Waals surface area contributed by atoms with Crippen molar-refractivity contribution < 1.29 is 18.7 Å². The summed E-state index contributed by atoms with van der Waals surface area (Å²) in [7, 11) is 6.93. The number of furan rings is 1. The van der Waals surface area contributed by atoms with E-state index in [-0.39, 0.29) is 17.7 Å². The van der Waals surface area contributed by atoms with Crippen molar-refractivity contribution in [2.75, 3.05) is 41.3 Å². The molecule has 1 aliphatic heterocycles. The van der Waals surface area contributed by atoms with E-state index in [0.717, 1.165) is 30.6 Å². The standard InChI is InChI=1S/C28H27N5O4/c1-32(2)28(34)23-13-25(35-4)21(15-31-23)26-12-22-27(37-26)20(7-9-30-22)17-5-6-24(18(11-17)14-29)36-19-8-10-33(3)16-19/h5-7,9,11-13,15,19H,8,10,16H2,1-4H3. The average molecular weight is 498 g/mol. The van der Waals surface area contributed by atoms with E-state index in [2.05, 4.69) is 28.0 Å². The molecule has 0 bridgehead atoms. The van der Waals surface area contributed by atoms with Gasteiger partial charge in [-0.1, -0.05) is 6.07 Å². The molecule has 4 aromatic rings. The molecule has 1 aromatic carbocycles. The van der Waals surface area contributed by atoms with Crippen LogP contribution in [0, 0.1) is 11.3 Å². The number of carbonyl (C=O) groups is 1. The second kappa shape index (κ2) is 9.91. The molecule has 37 heavy (non-hydrogen) atoms. The maximum Gasteiger partial charge on any atom is 0.272 e. The van der Waals surface area contributed by atoms with Gasteiger partial charge >= 0.3 is 0 Å². The lowest BCUT2D eigenvalue weighted by Gasteiger charge is -2.15. The van der Waals surface area contributed by atoms with Crippen molar-refractivity contribution in [1.29, 1.82) is 5.26 Å². The number of aromatic nitrogens is 2. The molecule has 9 heteroatoms. The Labute approximate surface area is 214 Å². The van der Waals surface area contributed by atoms with E-state index >= 15 is 0 Å². The van der Waals surface area contributed by atoms with Crippen molar-refractivity contribution in [1.82, 2.24) is 19.8 Å². The van der Waals surface area contributed by atoms with Crippen LogP contribution in [0.2, 0.25) is 0 Å². The van der Waals surface area contributed by atoms with Crippen molar-refractivity contribution in [3.8, 4) is 40.0 Å². The number of amides is 1. The van der Waals surface area contributed by atoms with Crippen LogP contribution in [0.4, 0.5) is 0 Å². The summed E-state index contributed by atoms with van der Waals surface area (Å²) in [5.74, 6) is 1.33. The van der Waals surface area contributed by atoms with Crippen LogP contribution in [0.1, 0.15) is 22.5 Å². The molecule has 188 valence electrons. The number of likely N-dealkylation sites (N-methyl/N-ethyl adjacent to an activating group) is 1. The number of ether oxygens (including phenoxy) is 2. The van der Waals surface area contributed by atoms with Crippen LogP contribution in [-0.2, 0) is 0 Å². The summed E-state index contributed by atoms with van der Waals surface area (Å²) < 4.78 is 17.9. The summed E-state index contributed by atoms with van der Waals surface area (Å²) in [6.07, 6.45) is 4.28. The fraction of sp³-hybridized carbons (Fsp3) is 0.286. The maximum absolute atomic E-state index is 12.3. The van der Waals surface area contributed by atoms with Crippen molar-refractivity contribution in [2.45, 2.75) is 12.5 Å². The minimum absolute atomic E-state index is 0.0752. The number of methoxy groups -OCH3 is 1. The molecular weight excluding hydrogens is 470 g/mol. The van der Waals surface area contributed by atoms with Crippen LogP contribution in [0.3, 0.4) is 0 Å². The molecule has 5 rings (SSSR count). The SMILES string of the molecule is COc1cc(C(=O)N(C)C)ncc1-c1cc2nccc(-c3ccc(OC4CCN(C)C4)c(C#N)c3)c2o1. The fourth-order valence-electron chi connectivity index (χ4n) is 4.49. The van der Waals surface area contributed by atoms with Gasteiger partial charge in [0, 0.05) is 57.3 Å². The Bertz CT molecular complexity index is 1520. The van der Waals surface area contributed by atoms with Gasteiger partial charge in [0.25, 0.3) is 5.91 Å². The molecule has 1 unspecified atom stereocenters. The number of hydrogen-bond donors (Lipinski definition) is 0. The third-order valence-electron chi connectivity index (χ3n) is 6.44. The van der Waals surface area contributed by atoms with Gasteiger partial charge < -0.3 is 23.7 Å². The summed E-state index contributed by atoms with van der Waals surface area (Å²) in [6, 6.07) is 13.1. The molecule has 3 aromatic heterocycles. The number of rotatable bonds is 6. The third-order valence-corrected chi connectivity index (χ3v) is 6.44. The molecule has 4 heterocycles. The minimum atomic E-state index is -0.223. The molecule has 0 N–H and O–H groups in total. The van der Waals surface area contributed by atoms with Gasteiger partial charge in [-0.25, -0.2) is 0 Å². The number of nitrogens with zero attached hydrogens (tertiary/aromatic N) is 5.